The third-order valence-electron chi connectivity index (χ3n) is 2.56. The van der Waals surface area contributed by atoms with E-state index in [9.17, 15) is 4.79 Å². The van der Waals surface area contributed by atoms with Gasteiger partial charge in [-0.15, -0.1) is 12.4 Å². The number of carbonyl (C=O) groups excluding carboxylic acids is 1. The molecule has 2 atom stereocenters. The standard InChI is InChI=1S/C10H20N2O.ClH/c1-4-9-8(5-6-11-9)10(13)12-7(2)3;/h7-9,11H,4-6H2,1-3H3,(H,12,13);1H. The van der Waals surface area contributed by atoms with Crippen molar-refractivity contribution < 1.29 is 4.79 Å². The first kappa shape index (κ1) is 13.7. The Balaban J connectivity index is 0.00000169. The van der Waals surface area contributed by atoms with Crippen LogP contribution in [0.1, 0.15) is 33.6 Å². The van der Waals surface area contributed by atoms with Gasteiger partial charge in [0.25, 0.3) is 0 Å². The quantitative estimate of drug-likeness (QED) is 0.754. The predicted molar refractivity (Wildman–Crippen MR) is 60.7 cm³/mol. The van der Waals surface area contributed by atoms with Gasteiger partial charge in [0.2, 0.25) is 5.91 Å². The monoisotopic (exact) mass is 220 g/mol. The van der Waals surface area contributed by atoms with Gasteiger partial charge in [0.05, 0.1) is 5.92 Å². The molecule has 14 heavy (non-hydrogen) atoms. The van der Waals surface area contributed by atoms with Crippen LogP contribution in [0.2, 0.25) is 0 Å². The molecule has 0 bridgehead atoms. The molecule has 84 valence electrons. The second-order valence-corrected chi connectivity index (χ2v) is 4.03. The Bertz CT molecular complexity index is 185. The van der Waals surface area contributed by atoms with E-state index < -0.39 is 0 Å². The number of carbonyl (C=O) groups is 1. The van der Waals surface area contributed by atoms with Crippen LogP contribution in [0.4, 0.5) is 0 Å². The van der Waals surface area contributed by atoms with Crippen molar-refractivity contribution >= 4 is 18.3 Å². The van der Waals surface area contributed by atoms with Crippen molar-refractivity contribution in [1.82, 2.24) is 10.6 Å². The molecule has 1 aliphatic rings. The topological polar surface area (TPSA) is 41.1 Å². The van der Waals surface area contributed by atoms with Crippen molar-refractivity contribution in [2.75, 3.05) is 6.54 Å². The van der Waals surface area contributed by atoms with Gasteiger partial charge in [0, 0.05) is 12.1 Å². The molecule has 4 heteroatoms. The molecule has 0 aromatic heterocycles. The predicted octanol–water partition coefficient (Wildman–Crippen LogP) is 1.32. The van der Waals surface area contributed by atoms with Crippen LogP contribution in [-0.2, 0) is 4.79 Å². The Morgan fingerprint density at radius 2 is 2.21 bits per heavy atom. The van der Waals surface area contributed by atoms with E-state index in [2.05, 4.69) is 17.6 Å². The summed E-state index contributed by atoms with van der Waals surface area (Å²) in [5.41, 5.74) is 0. The molecule has 1 rings (SSSR count). The number of hydrogen-bond acceptors (Lipinski definition) is 2. The molecule has 0 aromatic carbocycles. The van der Waals surface area contributed by atoms with Crippen LogP contribution in [0.3, 0.4) is 0 Å². The first-order chi connectivity index (χ1) is 6.15. The summed E-state index contributed by atoms with van der Waals surface area (Å²) >= 11 is 0. The zero-order valence-corrected chi connectivity index (χ0v) is 9.99. The molecular weight excluding hydrogens is 200 g/mol. The minimum Gasteiger partial charge on any atom is -0.354 e. The second-order valence-electron chi connectivity index (χ2n) is 4.03. The van der Waals surface area contributed by atoms with E-state index in [1.54, 1.807) is 0 Å². The lowest BCUT2D eigenvalue weighted by atomic mass is 9.97. The minimum atomic E-state index is 0. The summed E-state index contributed by atoms with van der Waals surface area (Å²) in [5.74, 6) is 0.402. The maximum atomic E-state index is 11.7. The summed E-state index contributed by atoms with van der Waals surface area (Å²) in [5, 5.41) is 6.32. The van der Waals surface area contributed by atoms with E-state index in [1.807, 2.05) is 13.8 Å². The molecule has 0 aromatic rings. The lowest BCUT2D eigenvalue weighted by Crippen LogP contribution is -2.40. The Labute approximate surface area is 92.4 Å². The summed E-state index contributed by atoms with van der Waals surface area (Å²) in [4.78, 5) is 11.7. The molecule has 0 radical (unpaired) electrons. The molecule has 0 aliphatic carbocycles. The van der Waals surface area contributed by atoms with Gasteiger partial charge in [-0.3, -0.25) is 4.79 Å². The van der Waals surface area contributed by atoms with Crippen LogP contribution in [0.15, 0.2) is 0 Å². The van der Waals surface area contributed by atoms with Gasteiger partial charge in [-0.25, -0.2) is 0 Å². The molecule has 1 saturated heterocycles. The van der Waals surface area contributed by atoms with Crippen LogP contribution in [0, 0.1) is 5.92 Å². The maximum absolute atomic E-state index is 11.7. The van der Waals surface area contributed by atoms with Gasteiger partial charge < -0.3 is 10.6 Å². The number of halogens is 1. The van der Waals surface area contributed by atoms with Crippen molar-refractivity contribution in [3.63, 3.8) is 0 Å². The fraction of sp³-hybridized carbons (Fsp3) is 0.900. The average molecular weight is 221 g/mol. The first-order valence-corrected chi connectivity index (χ1v) is 5.19. The fourth-order valence-corrected chi connectivity index (χ4v) is 1.90. The van der Waals surface area contributed by atoms with Crippen LogP contribution in [-0.4, -0.2) is 24.5 Å². The minimum absolute atomic E-state index is 0. The van der Waals surface area contributed by atoms with Crippen molar-refractivity contribution in [2.45, 2.75) is 45.7 Å². The van der Waals surface area contributed by atoms with E-state index in [0.717, 1.165) is 19.4 Å². The van der Waals surface area contributed by atoms with Crippen LogP contribution in [0.25, 0.3) is 0 Å². The Hall–Kier alpha value is -0.280. The number of nitrogens with one attached hydrogen (secondary N) is 2. The highest BCUT2D eigenvalue weighted by atomic mass is 35.5. The number of rotatable bonds is 3. The SMILES string of the molecule is CCC1NCCC1C(=O)NC(C)C.Cl. The third kappa shape index (κ3) is 3.46. The molecule has 3 nitrogen and oxygen atoms in total. The number of hydrogen-bond donors (Lipinski definition) is 2. The first-order valence-electron chi connectivity index (χ1n) is 5.19. The van der Waals surface area contributed by atoms with Gasteiger partial charge in [0.1, 0.15) is 0 Å². The van der Waals surface area contributed by atoms with Crippen LogP contribution >= 0.6 is 12.4 Å². The summed E-state index contributed by atoms with van der Waals surface area (Å²) in [6.07, 6.45) is 2.02. The molecule has 0 spiro atoms. The van der Waals surface area contributed by atoms with E-state index in [0.29, 0.717) is 6.04 Å². The van der Waals surface area contributed by atoms with Gasteiger partial charge in [-0.2, -0.15) is 0 Å². The lowest BCUT2D eigenvalue weighted by molar-refractivity contribution is -0.125. The third-order valence-corrected chi connectivity index (χ3v) is 2.56. The Kier molecular flexibility index (Phi) is 6.12. The van der Waals surface area contributed by atoms with Crippen LogP contribution in [0.5, 0.6) is 0 Å². The van der Waals surface area contributed by atoms with Crippen molar-refractivity contribution in [2.24, 2.45) is 5.92 Å². The smallest absolute Gasteiger partial charge is 0.224 e. The highest BCUT2D eigenvalue weighted by Gasteiger charge is 2.31. The molecule has 2 N–H and O–H groups in total. The fourth-order valence-electron chi connectivity index (χ4n) is 1.90. The normalized spacial score (nSPS) is 26.0. The molecule has 2 unspecified atom stereocenters. The maximum Gasteiger partial charge on any atom is 0.224 e. The van der Waals surface area contributed by atoms with Crippen LogP contribution < -0.4 is 10.6 Å². The van der Waals surface area contributed by atoms with E-state index in [1.165, 1.54) is 0 Å². The molecular formula is C10H21ClN2O. The summed E-state index contributed by atoms with van der Waals surface area (Å²) < 4.78 is 0. The Morgan fingerprint density at radius 1 is 1.57 bits per heavy atom. The van der Waals surface area contributed by atoms with E-state index in [4.69, 9.17) is 0 Å². The molecule has 1 fully saturated rings. The second kappa shape index (κ2) is 6.25. The summed E-state index contributed by atoms with van der Waals surface area (Å²) in [7, 11) is 0. The highest BCUT2D eigenvalue weighted by molar-refractivity contribution is 5.85. The van der Waals surface area contributed by atoms with Crippen molar-refractivity contribution in [3.05, 3.63) is 0 Å². The van der Waals surface area contributed by atoms with Gasteiger partial charge in [-0.1, -0.05) is 6.92 Å². The van der Waals surface area contributed by atoms with Gasteiger partial charge in [0.15, 0.2) is 0 Å². The van der Waals surface area contributed by atoms with Gasteiger partial charge >= 0.3 is 0 Å². The van der Waals surface area contributed by atoms with Crippen molar-refractivity contribution in [1.29, 1.82) is 0 Å². The highest BCUT2D eigenvalue weighted by Crippen LogP contribution is 2.18. The van der Waals surface area contributed by atoms with E-state index >= 15 is 0 Å². The Morgan fingerprint density at radius 3 is 2.71 bits per heavy atom. The lowest BCUT2D eigenvalue weighted by Gasteiger charge is -2.18. The largest absolute Gasteiger partial charge is 0.354 e. The molecule has 1 heterocycles. The van der Waals surface area contributed by atoms with E-state index in [-0.39, 0.29) is 30.3 Å². The summed E-state index contributed by atoms with van der Waals surface area (Å²) in [6.45, 7) is 7.11. The molecule has 0 saturated carbocycles. The summed E-state index contributed by atoms with van der Waals surface area (Å²) in [6, 6.07) is 0.643. The zero-order valence-electron chi connectivity index (χ0n) is 9.17. The molecule has 1 aliphatic heterocycles. The van der Waals surface area contributed by atoms with Crippen molar-refractivity contribution in [3.8, 4) is 0 Å². The van der Waals surface area contributed by atoms with Gasteiger partial charge in [-0.05, 0) is 33.2 Å². The zero-order chi connectivity index (χ0) is 9.84. The molecule has 1 amide bonds. The number of amides is 1. The average Bonchev–Trinajstić information content (AvgIpc) is 2.49.